The van der Waals surface area contributed by atoms with E-state index in [1.165, 1.54) is 43.2 Å². The van der Waals surface area contributed by atoms with Crippen molar-refractivity contribution in [3.05, 3.63) is 89.5 Å². The molecule has 0 heterocycles. The van der Waals surface area contributed by atoms with Gasteiger partial charge in [0.05, 0.1) is 11.7 Å². The Balaban J connectivity index is 1.52. The second-order valence-electron chi connectivity index (χ2n) is 8.91. The quantitative estimate of drug-likeness (QED) is 0.146. The molecule has 1 atom stereocenters. The first-order valence-electron chi connectivity index (χ1n) is 12.7. The normalized spacial score (nSPS) is 11.9. The van der Waals surface area contributed by atoms with E-state index in [0.717, 1.165) is 30.6 Å². The maximum Gasteiger partial charge on any atom is 0.343 e. The molecule has 3 aromatic carbocycles. The van der Waals surface area contributed by atoms with E-state index in [9.17, 15) is 4.79 Å². The molecule has 180 valence electrons. The second kappa shape index (κ2) is 13.7. The minimum Gasteiger partial charge on any atom is -0.423 e. The Hall–Kier alpha value is -2.91. The standard InChI is InChI=1S/C31H38O3/c1-4-6-7-8-9-10-25-11-13-27(14-12-25)28-19-21-30(22-20-28)34-31(32)29-17-15-26(16-18-29)24(3)33-23-5-2/h11-22,24H,4-10,23H2,1-3H3. The van der Waals surface area contributed by atoms with E-state index < -0.39 is 0 Å². The molecular weight excluding hydrogens is 420 g/mol. The minimum absolute atomic E-state index is 0.0115. The summed E-state index contributed by atoms with van der Waals surface area (Å²) in [5.74, 6) is 0.186. The Morgan fingerprint density at radius 2 is 1.35 bits per heavy atom. The van der Waals surface area contributed by atoms with Crippen molar-refractivity contribution in [1.82, 2.24) is 0 Å². The van der Waals surface area contributed by atoms with Gasteiger partial charge in [-0.15, -0.1) is 0 Å². The zero-order chi connectivity index (χ0) is 24.2. The van der Waals surface area contributed by atoms with Gasteiger partial charge in [-0.25, -0.2) is 4.79 Å². The lowest BCUT2D eigenvalue weighted by Crippen LogP contribution is -2.09. The summed E-state index contributed by atoms with van der Waals surface area (Å²) in [6.45, 7) is 7.09. The highest BCUT2D eigenvalue weighted by molar-refractivity contribution is 5.91. The van der Waals surface area contributed by atoms with Crippen LogP contribution in [-0.2, 0) is 11.2 Å². The molecule has 34 heavy (non-hydrogen) atoms. The highest BCUT2D eigenvalue weighted by atomic mass is 16.5. The predicted octanol–water partition coefficient (Wildman–Crippen LogP) is 8.57. The first kappa shape index (κ1) is 25.7. The van der Waals surface area contributed by atoms with Gasteiger partial charge in [-0.3, -0.25) is 0 Å². The van der Waals surface area contributed by atoms with Gasteiger partial charge in [0.25, 0.3) is 0 Å². The molecule has 3 aromatic rings. The summed E-state index contributed by atoms with van der Waals surface area (Å²) in [6, 6.07) is 23.9. The van der Waals surface area contributed by atoms with E-state index in [-0.39, 0.29) is 12.1 Å². The van der Waals surface area contributed by atoms with Gasteiger partial charge in [0, 0.05) is 6.61 Å². The van der Waals surface area contributed by atoms with Crippen molar-refractivity contribution in [2.75, 3.05) is 6.61 Å². The predicted molar refractivity (Wildman–Crippen MR) is 140 cm³/mol. The first-order chi connectivity index (χ1) is 16.6. The first-order valence-corrected chi connectivity index (χ1v) is 12.7. The monoisotopic (exact) mass is 458 g/mol. The van der Waals surface area contributed by atoms with Crippen molar-refractivity contribution in [2.45, 2.75) is 71.8 Å². The van der Waals surface area contributed by atoms with Crippen LogP contribution in [0.1, 0.15) is 86.9 Å². The summed E-state index contributed by atoms with van der Waals surface area (Å²) in [5.41, 5.74) is 5.25. The summed E-state index contributed by atoms with van der Waals surface area (Å²) >= 11 is 0. The highest BCUT2D eigenvalue weighted by Crippen LogP contribution is 2.24. The molecule has 0 aliphatic heterocycles. The van der Waals surface area contributed by atoms with Crippen LogP contribution in [0.25, 0.3) is 11.1 Å². The fourth-order valence-electron chi connectivity index (χ4n) is 3.96. The Labute approximate surface area is 205 Å². The number of esters is 1. The van der Waals surface area contributed by atoms with Crippen LogP contribution in [0.2, 0.25) is 0 Å². The van der Waals surface area contributed by atoms with Gasteiger partial charge >= 0.3 is 5.97 Å². The van der Waals surface area contributed by atoms with Gasteiger partial charge in [-0.05, 0) is 72.7 Å². The number of aryl methyl sites for hydroxylation is 1. The third-order valence-electron chi connectivity index (χ3n) is 6.11. The van der Waals surface area contributed by atoms with Gasteiger partial charge in [0.15, 0.2) is 0 Å². The third kappa shape index (κ3) is 7.85. The van der Waals surface area contributed by atoms with Gasteiger partial charge in [-0.2, -0.15) is 0 Å². The van der Waals surface area contributed by atoms with E-state index >= 15 is 0 Å². The number of unbranched alkanes of at least 4 members (excludes halogenated alkanes) is 4. The van der Waals surface area contributed by atoms with Crippen molar-refractivity contribution >= 4 is 5.97 Å². The maximum absolute atomic E-state index is 12.6. The van der Waals surface area contributed by atoms with Gasteiger partial charge < -0.3 is 9.47 Å². The molecule has 0 N–H and O–H groups in total. The zero-order valence-corrected chi connectivity index (χ0v) is 20.9. The van der Waals surface area contributed by atoms with Gasteiger partial charge in [-0.1, -0.05) is 88.1 Å². The van der Waals surface area contributed by atoms with Crippen molar-refractivity contribution in [1.29, 1.82) is 0 Å². The van der Waals surface area contributed by atoms with E-state index in [1.807, 2.05) is 43.3 Å². The Bertz CT molecular complexity index is 988. The average Bonchev–Trinajstić information content (AvgIpc) is 2.88. The molecule has 0 aliphatic rings. The minimum atomic E-state index is -0.357. The van der Waals surface area contributed by atoms with Crippen molar-refractivity contribution in [2.24, 2.45) is 0 Å². The van der Waals surface area contributed by atoms with Crippen molar-refractivity contribution in [3.8, 4) is 16.9 Å². The number of hydrogen-bond donors (Lipinski definition) is 0. The van der Waals surface area contributed by atoms with Crippen LogP contribution >= 0.6 is 0 Å². The van der Waals surface area contributed by atoms with Crippen molar-refractivity contribution in [3.63, 3.8) is 0 Å². The zero-order valence-electron chi connectivity index (χ0n) is 20.9. The molecule has 0 amide bonds. The lowest BCUT2D eigenvalue weighted by Gasteiger charge is -2.13. The molecule has 0 spiro atoms. The summed E-state index contributed by atoms with van der Waals surface area (Å²) in [5, 5.41) is 0. The van der Waals surface area contributed by atoms with E-state index in [0.29, 0.717) is 11.3 Å². The Morgan fingerprint density at radius 3 is 1.97 bits per heavy atom. The fourth-order valence-corrected chi connectivity index (χ4v) is 3.96. The molecule has 3 rings (SSSR count). The lowest BCUT2D eigenvalue weighted by molar-refractivity contribution is 0.0660. The maximum atomic E-state index is 12.6. The van der Waals surface area contributed by atoms with E-state index in [2.05, 4.69) is 38.1 Å². The number of rotatable bonds is 13. The Morgan fingerprint density at radius 1 is 0.735 bits per heavy atom. The fraction of sp³-hybridized carbons (Fsp3) is 0.387. The van der Waals surface area contributed by atoms with Crippen LogP contribution in [0, 0.1) is 0 Å². The molecule has 0 saturated heterocycles. The molecule has 3 nitrogen and oxygen atoms in total. The molecule has 0 saturated carbocycles. The molecule has 0 bridgehead atoms. The lowest BCUT2D eigenvalue weighted by atomic mass is 10.0. The molecule has 1 unspecified atom stereocenters. The van der Waals surface area contributed by atoms with E-state index in [1.54, 1.807) is 12.1 Å². The number of ether oxygens (including phenoxy) is 2. The van der Waals surface area contributed by atoms with Gasteiger partial charge in [0.1, 0.15) is 5.75 Å². The number of carbonyl (C=O) groups is 1. The van der Waals surface area contributed by atoms with Crippen LogP contribution in [0.5, 0.6) is 5.75 Å². The summed E-state index contributed by atoms with van der Waals surface area (Å²) in [7, 11) is 0. The molecule has 0 fully saturated rings. The summed E-state index contributed by atoms with van der Waals surface area (Å²) in [4.78, 5) is 12.6. The smallest absolute Gasteiger partial charge is 0.343 e. The van der Waals surface area contributed by atoms with Crippen molar-refractivity contribution < 1.29 is 14.3 Å². The third-order valence-corrected chi connectivity index (χ3v) is 6.11. The topological polar surface area (TPSA) is 35.5 Å². The molecular formula is C31H38O3. The molecule has 0 radical (unpaired) electrons. The van der Waals surface area contributed by atoms with E-state index in [4.69, 9.17) is 9.47 Å². The molecule has 3 heteroatoms. The van der Waals surface area contributed by atoms with Gasteiger partial charge in [0.2, 0.25) is 0 Å². The molecule has 0 aromatic heterocycles. The van der Waals surface area contributed by atoms with Crippen LogP contribution in [0.4, 0.5) is 0 Å². The van der Waals surface area contributed by atoms with Crippen LogP contribution < -0.4 is 4.74 Å². The largest absolute Gasteiger partial charge is 0.423 e. The Kier molecular flexibility index (Phi) is 10.4. The summed E-state index contributed by atoms with van der Waals surface area (Å²) in [6.07, 6.45) is 8.67. The highest BCUT2D eigenvalue weighted by Gasteiger charge is 2.11. The number of benzene rings is 3. The molecule has 0 aliphatic carbocycles. The van der Waals surface area contributed by atoms with Crippen LogP contribution in [0.3, 0.4) is 0 Å². The summed E-state index contributed by atoms with van der Waals surface area (Å²) < 4.78 is 11.3. The second-order valence-corrected chi connectivity index (χ2v) is 8.91. The SMILES string of the molecule is CCCCCCCc1ccc(-c2ccc(OC(=O)c3ccc(C(C)OCCC)cc3)cc2)cc1. The van der Waals surface area contributed by atoms with Crippen LogP contribution in [0.15, 0.2) is 72.8 Å². The van der Waals surface area contributed by atoms with Crippen LogP contribution in [-0.4, -0.2) is 12.6 Å². The number of hydrogen-bond acceptors (Lipinski definition) is 3. The average molecular weight is 459 g/mol. The number of carbonyl (C=O) groups excluding carboxylic acids is 1.